The molecule has 158 valence electrons. The first-order chi connectivity index (χ1) is 14.8. The Bertz CT molecular complexity index is 1170. The van der Waals surface area contributed by atoms with Gasteiger partial charge in [0.25, 0.3) is 0 Å². The van der Waals surface area contributed by atoms with Gasteiger partial charge >= 0.3 is 0 Å². The molecule has 0 aliphatic rings. The van der Waals surface area contributed by atoms with E-state index in [1.807, 2.05) is 23.6 Å². The van der Waals surface area contributed by atoms with E-state index in [9.17, 15) is 5.11 Å². The molecule has 0 aliphatic carbocycles. The van der Waals surface area contributed by atoms with Crippen LogP contribution in [0.15, 0.2) is 87.1 Å². The molecule has 4 aromatic rings. The number of thiophene rings is 1. The van der Waals surface area contributed by atoms with Crippen LogP contribution in [0, 0.1) is 0 Å². The molecule has 1 heterocycles. The number of hydrogen-bond donors (Lipinski definition) is 1. The largest absolute Gasteiger partial charge is 0.383 e. The molecule has 0 saturated heterocycles. The average Bonchev–Trinajstić information content (AvgIpc) is 3.28. The van der Waals surface area contributed by atoms with Crippen LogP contribution in [0.1, 0.15) is 42.9 Å². The van der Waals surface area contributed by atoms with Crippen molar-refractivity contribution >= 4 is 43.2 Å². The maximum Gasteiger partial charge on any atom is 0.115 e. The second kappa shape index (κ2) is 9.03. The molecule has 0 aliphatic heterocycles. The van der Waals surface area contributed by atoms with E-state index < -0.39 is 6.10 Å². The summed E-state index contributed by atoms with van der Waals surface area (Å²) in [5.41, 5.74) is 6.64. The molecule has 0 saturated carbocycles. The van der Waals surface area contributed by atoms with Crippen LogP contribution >= 0.6 is 43.2 Å². The molecule has 3 aromatic carbocycles. The summed E-state index contributed by atoms with van der Waals surface area (Å²) in [6, 6.07) is 25.2. The van der Waals surface area contributed by atoms with Gasteiger partial charge in [0.15, 0.2) is 0 Å². The lowest BCUT2D eigenvalue weighted by Gasteiger charge is -2.23. The monoisotopic (exact) mass is 554 g/mol. The summed E-state index contributed by atoms with van der Waals surface area (Å²) in [5.74, 6) is 0. The Morgan fingerprint density at radius 2 is 1.45 bits per heavy atom. The van der Waals surface area contributed by atoms with Gasteiger partial charge in [0.05, 0.1) is 0 Å². The van der Waals surface area contributed by atoms with Crippen LogP contribution in [-0.4, -0.2) is 5.11 Å². The Morgan fingerprint density at radius 1 is 0.806 bits per heavy atom. The van der Waals surface area contributed by atoms with Crippen molar-refractivity contribution < 1.29 is 5.11 Å². The molecule has 4 heteroatoms. The van der Waals surface area contributed by atoms with Crippen LogP contribution < -0.4 is 0 Å². The van der Waals surface area contributed by atoms with Crippen molar-refractivity contribution in [2.75, 3.05) is 0 Å². The fraction of sp³-hybridized carbons (Fsp3) is 0.185. The van der Waals surface area contributed by atoms with Gasteiger partial charge < -0.3 is 5.11 Å². The van der Waals surface area contributed by atoms with Crippen molar-refractivity contribution in [1.29, 1.82) is 0 Å². The SMILES string of the molecule is CC(C)(C)c1ccc(-c2c(-c3ccc(Br)cc3)ccc(Br)c2C(O)c2cccs2)cc1. The summed E-state index contributed by atoms with van der Waals surface area (Å²) >= 11 is 8.84. The third-order valence-electron chi connectivity index (χ3n) is 5.47. The van der Waals surface area contributed by atoms with E-state index in [0.29, 0.717) is 0 Å². The Morgan fingerprint density at radius 3 is 2.03 bits per heavy atom. The van der Waals surface area contributed by atoms with E-state index in [4.69, 9.17) is 0 Å². The van der Waals surface area contributed by atoms with E-state index in [-0.39, 0.29) is 5.41 Å². The van der Waals surface area contributed by atoms with Gasteiger partial charge in [-0.05, 0) is 62.9 Å². The van der Waals surface area contributed by atoms with Crippen LogP contribution in [0.3, 0.4) is 0 Å². The van der Waals surface area contributed by atoms with Gasteiger partial charge in [-0.25, -0.2) is 0 Å². The lowest BCUT2D eigenvalue weighted by atomic mass is 9.84. The highest BCUT2D eigenvalue weighted by Crippen LogP contribution is 2.44. The summed E-state index contributed by atoms with van der Waals surface area (Å²) < 4.78 is 1.95. The standard InChI is InChI=1S/C27H24Br2OS/c1-27(2,3)19-10-6-18(7-11-19)24-21(17-8-12-20(28)13-9-17)14-15-22(29)25(24)26(30)23-5-4-16-31-23/h4-16,26,30H,1-3H3. The van der Waals surface area contributed by atoms with E-state index in [1.54, 1.807) is 11.3 Å². The molecule has 0 spiro atoms. The van der Waals surface area contributed by atoms with Crippen LogP contribution in [0.4, 0.5) is 0 Å². The summed E-state index contributed by atoms with van der Waals surface area (Å²) in [5, 5.41) is 13.4. The molecule has 0 fully saturated rings. The molecule has 1 aromatic heterocycles. The van der Waals surface area contributed by atoms with E-state index in [1.165, 1.54) is 5.56 Å². The van der Waals surface area contributed by atoms with E-state index in [2.05, 4.69) is 107 Å². The van der Waals surface area contributed by atoms with Gasteiger partial charge in [0.1, 0.15) is 6.10 Å². The number of aliphatic hydroxyl groups is 1. The highest BCUT2D eigenvalue weighted by Gasteiger charge is 2.23. The maximum absolute atomic E-state index is 11.4. The highest BCUT2D eigenvalue weighted by molar-refractivity contribution is 9.10. The summed E-state index contributed by atoms with van der Waals surface area (Å²) in [6.07, 6.45) is -0.706. The zero-order valence-corrected chi connectivity index (χ0v) is 21.7. The number of hydrogen-bond acceptors (Lipinski definition) is 2. The third kappa shape index (κ3) is 4.73. The molecule has 1 atom stereocenters. The molecule has 0 bridgehead atoms. The molecule has 1 N–H and O–H groups in total. The maximum atomic E-state index is 11.4. The Hall–Kier alpha value is -1.72. The quantitative estimate of drug-likeness (QED) is 0.266. The first kappa shape index (κ1) is 22.5. The topological polar surface area (TPSA) is 20.2 Å². The van der Waals surface area contributed by atoms with Gasteiger partial charge in [-0.2, -0.15) is 0 Å². The Balaban J connectivity index is 1.97. The van der Waals surface area contributed by atoms with Crippen molar-refractivity contribution in [2.45, 2.75) is 32.3 Å². The van der Waals surface area contributed by atoms with Crippen molar-refractivity contribution in [3.05, 3.63) is 103 Å². The molecule has 1 unspecified atom stereocenters. The molecule has 1 nitrogen and oxygen atoms in total. The highest BCUT2D eigenvalue weighted by atomic mass is 79.9. The van der Waals surface area contributed by atoms with Crippen LogP contribution in [0.5, 0.6) is 0 Å². The van der Waals surface area contributed by atoms with Gasteiger partial charge in [-0.3, -0.25) is 0 Å². The Labute approximate surface area is 205 Å². The smallest absolute Gasteiger partial charge is 0.115 e. The van der Waals surface area contributed by atoms with E-state index in [0.717, 1.165) is 41.6 Å². The summed E-state index contributed by atoms with van der Waals surface area (Å²) in [6.45, 7) is 6.67. The zero-order valence-electron chi connectivity index (χ0n) is 17.7. The molecule has 0 radical (unpaired) electrons. The van der Waals surface area contributed by atoms with E-state index >= 15 is 0 Å². The molecule has 4 rings (SSSR count). The number of aliphatic hydroxyl groups excluding tert-OH is 1. The normalized spacial score (nSPS) is 12.7. The van der Waals surface area contributed by atoms with Crippen LogP contribution in [0.25, 0.3) is 22.3 Å². The Kier molecular flexibility index (Phi) is 6.55. The zero-order chi connectivity index (χ0) is 22.2. The predicted molar refractivity (Wildman–Crippen MR) is 140 cm³/mol. The minimum atomic E-state index is -0.706. The lowest BCUT2D eigenvalue weighted by Crippen LogP contribution is -2.10. The number of rotatable bonds is 4. The van der Waals surface area contributed by atoms with Gasteiger partial charge in [-0.15, -0.1) is 11.3 Å². The van der Waals surface area contributed by atoms with Crippen molar-refractivity contribution in [3.8, 4) is 22.3 Å². The first-order valence-corrected chi connectivity index (χ1v) is 12.6. The van der Waals surface area contributed by atoms with Gasteiger partial charge in [-0.1, -0.05) is 101 Å². The second-order valence-electron chi connectivity index (χ2n) is 8.64. The summed E-state index contributed by atoms with van der Waals surface area (Å²) in [7, 11) is 0. The number of benzene rings is 3. The molecular formula is C27H24Br2OS. The predicted octanol–water partition coefficient (Wildman–Crippen LogP) is 8.99. The molecule has 0 amide bonds. The van der Waals surface area contributed by atoms with Crippen molar-refractivity contribution in [2.24, 2.45) is 0 Å². The van der Waals surface area contributed by atoms with Crippen molar-refractivity contribution in [1.82, 2.24) is 0 Å². The molecule has 31 heavy (non-hydrogen) atoms. The summed E-state index contributed by atoms with van der Waals surface area (Å²) in [4.78, 5) is 0.932. The van der Waals surface area contributed by atoms with Gasteiger partial charge in [0.2, 0.25) is 0 Å². The third-order valence-corrected chi connectivity index (χ3v) is 7.62. The van der Waals surface area contributed by atoms with Gasteiger partial charge in [0, 0.05) is 19.4 Å². The minimum absolute atomic E-state index is 0.0870. The first-order valence-electron chi connectivity index (χ1n) is 10.2. The van der Waals surface area contributed by atoms with Crippen molar-refractivity contribution in [3.63, 3.8) is 0 Å². The molecular weight excluding hydrogens is 532 g/mol. The van der Waals surface area contributed by atoms with Crippen LogP contribution in [0.2, 0.25) is 0 Å². The lowest BCUT2D eigenvalue weighted by molar-refractivity contribution is 0.224. The minimum Gasteiger partial charge on any atom is -0.383 e. The second-order valence-corrected chi connectivity index (χ2v) is 11.4. The average molecular weight is 556 g/mol. The van der Waals surface area contributed by atoms with Crippen LogP contribution in [-0.2, 0) is 5.41 Å². The fourth-order valence-corrected chi connectivity index (χ4v) is 5.30. The number of halogens is 2. The fourth-order valence-electron chi connectivity index (χ4n) is 3.77.